The van der Waals surface area contributed by atoms with Crippen molar-refractivity contribution >= 4 is 0 Å². The summed E-state index contributed by atoms with van der Waals surface area (Å²) in [5, 5.41) is 0. The third-order valence-electron chi connectivity index (χ3n) is 4.16. The van der Waals surface area contributed by atoms with Gasteiger partial charge in [-0.3, -0.25) is 0 Å². The van der Waals surface area contributed by atoms with Crippen LogP contribution >= 0.6 is 0 Å². The van der Waals surface area contributed by atoms with Crippen LogP contribution in [0.5, 0.6) is 0 Å². The van der Waals surface area contributed by atoms with Crippen molar-refractivity contribution < 1.29 is 0 Å². The highest BCUT2D eigenvalue weighted by Gasteiger charge is 2.26. The summed E-state index contributed by atoms with van der Waals surface area (Å²) in [4.78, 5) is 4.93. The van der Waals surface area contributed by atoms with Crippen LogP contribution in [-0.4, -0.2) is 55.6 Å². The second-order valence-corrected chi connectivity index (χ2v) is 5.98. The topological polar surface area (TPSA) is 32.5 Å². The van der Waals surface area contributed by atoms with Crippen molar-refractivity contribution in [2.24, 2.45) is 11.7 Å². The number of hydrogen-bond donors (Lipinski definition) is 1. The third-order valence-corrected chi connectivity index (χ3v) is 4.16. The minimum absolute atomic E-state index is 0.248. The lowest BCUT2D eigenvalue weighted by Gasteiger charge is -2.39. The molecule has 0 bridgehead atoms. The number of piperidine rings is 1. The first-order valence-corrected chi connectivity index (χ1v) is 6.55. The van der Waals surface area contributed by atoms with Gasteiger partial charge in [0, 0.05) is 12.1 Å². The first kappa shape index (κ1) is 13.9. The van der Waals surface area contributed by atoms with Gasteiger partial charge in [0.2, 0.25) is 0 Å². The molecule has 1 rings (SSSR count). The molecule has 96 valence electrons. The summed E-state index contributed by atoms with van der Waals surface area (Å²) >= 11 is 0. The number of hydrogen-bond acceptors (Lipinski definition) is 3. The SMILES string of the molecule is CN1CCC(CN(C)C(C)(C)CCN)CC1. The normalized spacial score (nSPS) is 20.6. The van der Waals surface area contributed by atoms with Gasteiger partial charge >= 0.3 is 0 Å². The molecule has 0 radical (unpaired) electrons. The van der Waals surface area contributed by atoms with E-state index in [0.29, 0.717) is 0 Å². The van der Waals surface area contributed by atoms with E-state index in [1.54, 1.807) is 0 Å². The van der Waals surface area contributed by atoms with Gasteiger partial charge in [-0.15, -0.1) is 0 Å². The molecule has 2 N–H and O–H groups in total. The van der Waals surface area contributed by atoms with Crippen molar-refractivity contribution in [3.63, 3.8) is 0 Å². The Morgan fingerprint density at radius 2 is 1.88 bits per heavy atom. The van der Waals surface area contributed by atoms with Crippen LogP contribution in [-0.2, 0) is 0 Å². The molecule has 0 atom stereocenters. The molecule has 0 aromatic carbocycles. The monoisotopic (exact) mass is 227 g/mol. The van der Waals surface area contributed by atoms with Gasteiger partial charge in [-0.1, -0.05) is 0 Å². The molecule has 1 aliphatic rings. The number of nitrogens with zero attached hydrogens (tertiary/aromatic N) is 2. The molecule has 1 saturated heterocycles. The summed E-state index contributed by atoms with van der Waals surface area (Å²) in [6, 6.07) is 0. The lowest BCUT2D eigenvalue weighted by molar-refractivity contribution is 0.100. The Kier molecular flexibility index (Phi) is 5.22. The number of nitrogens with two attached hydrogens (primary N) is 1. The molecule has 0 aliphatic carbocycles. The van der Waals surface area contributed by atoms with Crippen molar-refractivity contribution in [1.29, 1.82) is 0 Å². The van der Waals surface area contributed by atoms with Gasteiger partial charge in [-0.05, 0) is 72.8 Å². The zero-order valence-corrected chi connectivity index (χ0v) is 11.5. The summed E-state index contributed by atoms with van der Waals surface area (Å²) in [6.07, 6.45) is 3.77. The van der Waals surface area contributed by atoms with Gasteiger partial charge < -0.3 is 15.5 Å². The Balaban J connectivity index is 2.36. The van der Waals surface area contributed by atoms with E-state index in [1.165, 1.54) is 32.5 Å². The van der Waals surface area contributed by atoms with E-state index >= 15 is 0 Å². The Labute approximate surface area is 101 Å². The highest BCUT2D eigenvalue weighted by atomic mass is 15.2. The summed E-state index contributed by atoms with van der Waals surface area (Å²) in [6.45, 7) is 9.13. The Morgan fingerprint density at radius 3 is 2.38 bits per heavy atom. The maximum atomic E-state index is 5.67. The minimum atomic E-state index is 0.248. The molecule has 3 heteroatoms. The molecule has 0 amide bonds. The fourth-order valence-electron chi connectivity index (χ4n) is 2.42. The van der Waals surface area contributed by atoms with Crippen LogP contribution < -0.4 is 5.73 Å². The summed E-state index contributed by atoms with van der Waals surface area (Å²) in [5.41, 5.74) is 5.92. The highest BCUT2D eigenvalue weighted by Crippen LogP contribution is 2.22. The quantitative estimate of drug-likeness (QED) is 0.770. The number of rotatable bonds is 5. The molecule has 0 spiro atoms. The predicted molar refractivity (Wildman–Crippen MR) is 70.6 cm³/mol. The molecular formula is C13H29N3. The molecule has 1 fully saturated rings. The fourth-order valence-corrected chi connectivity index (χ4v) is 2.42. The van der Waals surface area contributed by atoms with Gasteiger partial charge in [0.1, 0.15) is 0 Å². The standard InChI is InChI=1S/C13H29N3/c1-13(2,7-8-14)16(4)11-12-5-9-15(3)10-6-12/h12H,5-11,14H2,1-4H3. The summed E-state index contributed by atoms with van der Waals surface area (Å²) in [5.74, 6) is 0.873. The molecular weight excluding hydrogens is 198 g/mol. The van der Waals surface area contributed by atoms with E-state index in [4.69, 9.17) is 5.73 Å². The second-order valence-electron chi connectivity index (χ2n) is 5.98. The van der Waals surface area contributed by atoms with Crippen molar-refractivity contribution in [3.05, 3.63) is 0 Å². The lowest BCUT2D eigenvalue weighted by atomic mass is 9.92. The molecule has 3 nitrogen and oxygen atoms in total. The Morgan fingerprint density at radius 1 is 1.31 bits per heavy atom. The fraction of sp³-hybridized carbons (Fsp3) is 1.00. The predicted octanol–water partition coefficient (Wildman–Crippen LogP) is 1.39. The van der Waals surface area contributed by atoms with Crippen LogP contribution in [0, 0.1) is 5.92 Å². The van der Waals surface area contributed by atoms with Crippen LogP contribution in [0.1, 0.15) is 33.1 Å². The van der Waals surface area contributed by atoms with Crippen molar-refractivity contribution in [2.75, 3.05) is 40.3 Å². The maximum Gasteiger partial charge on any atom is 0.0162 e. The van der Waals surface area contributed by atoms with Crippen LogP contribution in [0.15, 0.2) is 0 Å². The maximum absolute atomic E-state index is 5.67. The average molecular weight is 227 g/mol. The van der Waals surface area contributed by atoms with Crippen LogP contribution in [0.25, 0.3) is 0 Å². The van der Waals surface area contributed by atoms with Crippen molar-refractivity contribution in [3.8, 4) is 0 Å². The Bertz CT molecular complexity index is 195. The average Bonchev–Trinajstić information content (AvgIpc) is 2.21. The first-order chi connectivity index (χ1) is 7.45. The van der Waals surface area contributed by atoms with Gasteiger partial charge in [0.25, 0.3) is 0 Å². The molecule has 1 aliphatic heterocycles. The third kappa shape index (κ3) is 4.04. The zero-order valence-electron chi connectivity index (χ0n) is 11.5. The van der Waals surface area contributed by atoms with Gasteiger partial charge in [0.05, 0.1) is 0 Å². The van der Waals surface area contributed by atoms with Crippen LogP contribution in [0.4, 0.5) is 0 Å². The van der Waals surface area contributed by atoms with E-state index in [-0.39, 0.29) is 5.54 Å². The smallest absolute Gasteiger partial charge is 0.0162 e. The molecule has 0 aromatic heterocycles. The molecule has 0 saturated carbocycles. The molecule has 0 unspecified atom stereocenters. The van der Waals surface area contributed by atoms with E-state index in [9.17, 15) is 0 Å². The zero-order chi connectivity index (χ0) is 12.2. The van der Waals surface area contributed by atoms with Gasteiger partial charge in [-0.25, -0.2) is 0 Å². The first-order valence-electron chi connectivity index (χ1n) is 6.55. The van der Waals surface area contributed by atoms with Gasteiger partial charge in [-0.2, -0.15) is 0 Å². The van der Waals surface area contributed by atoms with E-state index in [1.807, 2.05) is 0 Å². The van der Waals surface area contributed by atoms with Crippen LogP contribution in [0.2, 0.25) is 0 Å². The highest BCUT2D eigenvalue weighted by molar-refractivity contribution is 4.82. The summed E-state index contributed by atoms with van der Waals surface area (Å²) < 4.78 is 0. The second kappa shape index (κ2) is 5.99. The summed E-state index contributed by atoms with van der Waals surface area (Å²) in [7, 11) is 4.46. The van der Waals surface area contributed by atoms with Gasteiger partial charge in [0.15, 0.2) is 0 Å². The Hall–Kier alpha value is -0.120. The largest absolute Gasteiger partial charge is 0.330 e. The van der Waals surface area contributed by atoms with E-state index in [0.717, 1.165) is 18.9 Å². The van der Waals surface area contributed by atoms with Crippen molar-refractivity contribution in [1.82, 2.24) is 9.80 Å². The number of likely N-dealkylation sites (tertiary alicyclic amines) is 1. The van der Waals surface area contributed by atoms with Crippen molar-refractivity contribution in [2.45, 2.75) is 38.6 Å². The van der Waals surface area contributed by atoms with Crippen LogP contribution in [0.3, 0.4) is 0 Å². The molecule has 0 aromatic rings. The van der Waals surface area contributed by atoms with E-state index < -0.39 is 0 Å². The lowest BCUT2D eigenvalue weighted by Crippen LogP contribution is -2.46. The molecule has 16 heavy (non-hydrogen) atoms. The van der Waals surface area contributed by atoms with E-state index in [2.05, 4.69) is 37.7 Å². The molecule has 1 heterocycles. The minimum Gasteiger partial charge on any atom is -0.330 e.